The predicted octanol–water partition coefficient (Wildman–Crippen LogP) is 1.33. The van der Waals surface area contributed by atoms with Crippen molar-refractivity contribution in [3.8, 4) is 0 Å². The van der Waals surface area contributed by atoms with E-state index in [4.69, 9.17) is 10.5 Å². The van der Waals surface area contributed by atoms with E-state index in [0.29, 0.717) is 32.7 Å². The summed E-state index contributed by atoms with van der Waals surface area (Å²) >= 11 is 0. The first-order valence-corrected chi connectivity index (χ1v) is 6.49. The fourth-order valence-corrected chi connectivity index (χ4v) is 1.81. The first-order chi connectivity index (χ1) is 9.60. The van der Waals surface area contributed by atoms with Crippen molar-refractivity contribution in [1.29, 1.82) is 0 Å². The average Bonchev–Trinajstić information content (AvgIpc) is 2.43. The summed E-state index contributed by atoms with van der Waals surface area (Å²) in [4.78, 5) is 13.6. The van der Waals surface area contributed by atoms with Crippen molar-refractivity contribution in [2.24, 2.45) is 5.73 Å². The van der Waals surface area contributed by atoms with Crippen LogP contribution in [0, 0.1) is 11.6 Å². The van der Waals surface area contributed by atoms with Crippen LogP contribution in [0.4, 0.5) is 8.78 Å². The molecule has 20 heavy (non-hydrogen) atoms. The Balaban J connectivity index is 2.73. The van der Waals surface area contributed by atoms with Gasteiger partial charge in [0.2, 0.25) is 5.91 Å². The quantitative estimate of drug-likeness (QED) is 0.784. The topological polar surface area (TPSA) is 55.6 Å². The smallest absolute Gasteiger partial charge is 0.227 e. The molecular weight excluding hydrogens is 266 g/mol. The van der Waals surface area contributed by atoms with Crippen LogP contribution in [-0.4, -0.2) is 44.2 Å². The molecule has 4 nitrogen and oxygen atoms in total. The van der Waals surface area contributed by atoms with Gasteiger partial charge in [-0.05, 0) is 25.1 Å². The normalized spacial score (nSPS) is 10.6. The minimum Gasteiger partial charge on any atom is -0.383 e. The standard InChI is InChI=1S/C14H20F2N2O2/c1-20-9-8-18(7-3-6-17)14(19)10-11-12(15)4-2-5-13(11)16/h2,4-5H,3,6-10,17H2,1H3. The van der Waals surface area contributed by atoms with Crippen molar-refractivity contribution >= 4 is 5.91 Å². The maximum absolute atomic E-state index is 13.5. The van der Waals surface area contributed by atoms with Gasteiger partial charge < -0.3 is 15.4 Å². The Morgan fingerprint density at radius 1 is 1.30 bits per heavy atom. The van der Waals surface area contributed by atoms with Crippen LogP contribution in [0.25, 0.3) is 0 Å². The first kappa shape index (κ1) is 16.5. The molecule has 2 N–H and O–H groups in total. The summed E-state index contributed by atoms with van der Waals surface area (Å²) < 4.78 is 32.0. The zero-order chi connectivity index (χ0) is 15.0. The Kier molecular flexibility index (Phi) is 7.11. The van der Waals surface area contributed by atoms with E-state index in [0.717, 1.165) is 12.1 Å². The number of carbonyl (C=O) groups is 1. The van der Waals surface area contributed by atoms with Gasteiger partial charge in [0.05, 0.1) is 13.0 Å². The van der Waals surface area contributed by atoms with Gasteiger partial charge in [-0.15, -0.1) is 0 Å². The number of ether oxygens (including phenoxy) is 1. The average molecular weight is 286 g/mol. The van der Waals surface area contributed by atoms with Crippen molar-refractivity contribution in [2.45, 2.75) is 12.8 Å². The van der Waals surface area contributed by atoms with E-state index in [1.807, 2.05) is 0 Å². The SMILES string of the molecule is COCCN(CCCN)C(=O)Cc1c(F)cccc1F. The second-order valence-electron chi connectivity index (χ2n) is 4.39. The van der Waals surface area contributed by atoms with Gasteiger partial charge >= 0.3 is 0 Å². The molecule has 0 unspecified atom stereocenters. The molecule has 0 saturated carbocycles. The number of methoxy groups -OCH3 is 1. The zero-order valence-corrected chi connectivity index (χ0v) is 11.6. The summed E-state index contributed by atoms with van der Waals surface area (Å²) in [7, 11) is 1.53. The van der Waals surface area contributed by atoms with Crippen LogP contribution in [0.1, 0.15) is 12.0 Å². The van der Waals surface area contributed by atoms with Crippen LogP contribution in [0.5, 0.6) is 0 Å². The Labute approximate surface area is 117 Å². The van der Waals surface area contributed by atoms with Gasteiger partial charge in [0.25, 0.3) is 0 Å². The summed E-state index contributed by atoms with van der Waals surface area (Å²) in [6.45, 7) is 1.65. The minimum atomic E-state index is -0.705. The molecular formula is C14H20F2N2O2. The first-order valence-electron chi connectivity index (χ1n) is 6.49. The van der Waals surface area contributed by atoms with Crippen molar-refractivity contribution in [1.82, 2.24) is 4.90 Å². The van der Waals surface area contributed by atoms with Crippen LogP contribution in [-0.2, 0) is 16.0 Å². The van der Waals surface area contributed by atoms with Crippen LogP contribution in [0.15, 0.2) is 18.2 Å². The van der Waals surface area contributed by atoms with E-state index in [-0.39, 0.29) is 17.9 Å². The third kappa shape index (κ3) is 4.86. The molecule has 0 aliphatic carbocycles. The van der Waals surface area contributed by atoms with Gasteiger partial charge in [-0.1, -0.05) is 6.07 Å². The number of nitrogens with zero attached hydrogens (tertiary/aromatic N) is 1. The summed E-state index contributed by atoms with van der Waals surface area (Å²) in [5, 5.41) is 0. The largest absolute Gasteiger partial charge is 0.383 e. The number of nitrogens with two attached hydrogens (primary N) is 1. The molecule has 0 aliphatic rings. The van der Waals surface area contributed by atoms with E-state index < -0.39 is 11.6 Å². The summed E-state index contributed by atoms with van der Waals surface area (Å²) in [6, 6.07) is 3.56. The lowest BCUT2D eigenvalue weighted by atomic mass is 10.1. The number of rotatable bonds is 8. The van der Waals surface area contributed by atoms with Gasteiger partial charge in [-0.3, -0.25) is 4.79 Å². The number of carbonyl (C=O) groups excluding carboxylic acids is 1. The number of benzene rings is 1. The lowest BCUT2D eigenvalue weighted by molar-refractivity contribution is -0.131. The van der Waals surface area contributed by atoms with E-state index >= 15 is 0 Å². The molecule has 1 aromatic rings. The Morgan fingerprint density at radius 3 is 2.50 bits per heavy atom. The minimum absolute atomic E-state index is 0.201. The Morgan fingerprint density at radius 2 is 1.95 bits per heavy atom. The Hall–Kier alpha value is -1.53. The van der Waals surface area contributed by atoms with Gasteiger partial charge in [-0.25, -0.2) is 8.78 Å². The van der Waals surface area contributed by atoms with E-state index in [9.17, 15) is 13.6 Å². The summed E-state index contributed by atoms with van der Waals surface area (Å²) in [5.74, 6) is -1.74. The van der Waals surface area contributed by atoms with Crippen molar-refractivity contribution < 1.29 is 18.3 Å². The third-order valence-electron chi connectivity index (χ3n) is 2.94. The number of halogens is 2. The fourth-order valence-electron chi connectivity index (χ4n) is 1.81. The van der Waals surface area contributed by atoms with Crippen LogP contribution in [0.2, 0.25) is 0 Å². The molecule has 0 bridgehead atoms. The maximum Gasteiger partial charge on any atom is 0.227 e. The lowest BCUT2D eigenvalue weighted by Gasteiger charge is -2.22. The predicted molar refractivity (Wildman–Crippen MR) is 72.2 cm³/mol. The van der Waals surface area contributed by atoms with E-state index in [1.54, 1.807) is 0 Å². The molecule has 0 fully saturated rings. The van der Waals surface area contributed by atoms with E-state index in [2.05, 4.69) is 0 Å². The highest BCUT2D eigenvalue weighted by Gasteiger charge is 2.18. The van der Waals surface area contributed by atoms with Crippen LogP contribution in [0.3, 0.4) is 0 Å². The molecule has 1 amide bonds. The molecule has 0 heterocycles. The van der Waals surface area contributed by atoms with Gasteiger partial charge in [0.1, 0.15) is 11.6 Å². The van der Waals surface area contributed by atoms with Gasteiger partial charge in [0.15, 0.2) is 0 Å². The molecule has 1 rings (SSSR count). The van der Waals surface area contributed by atoms with Crippen LogP contribution < -0.4 is 5.73 Å². The molecule has 0 spiro atoms. The second kappa shape index (κ2) is 8.60. The zero-order valence-electron chi connectivity index (χ0n) is 11.6. The fraction of sp³-hybridized carbons (Fsp3) is 0.500. The highest BCUT2D eigenvalue weighted by molar-refractivity contribution is 5.78. The molecule has 0 saturated heterocycles. The summed E-state index contributed by atoms with van der Waals surface area (Å²) in [6.07, 6.45) is 0.335. The molecule has 0 aliphatic heterocycles. The maximum atomic E-state index is 13.5. The van der Waals surface area contributed by atoms with Crippen molar-refractivity contribution in [3.63, 3.8) is 0 Å². The number of hydrogen-bond acceptors (Lipinski definition) is 3. The Bertz CT molecular complexity index is 413. The number of amides is 1. The highest BCUT2D eigenvalue weighted by Crippen LogP contribution is 2.14. The number of hydrogen-bond donors (Lipinski definition) is 1. The molecule has 6 heteroatoms. The highest BCUT2D eigenvalue weighted by atomic mass is 19.1. The molecule has 0 aromatic heterocycles. The van der Waals surface area contributed by atoms with Crippen molar-refractivity contribution in [2.75, 3.05) is 33.4 Å². The lowest BCUT2D eigenvalue weighted by Crippen LogP contribution is -2.37. The third-order valence-corrected chi connectivity index (χ3v) is 2.94. The second-order valence-corrected chi connectivity index (χ2v) is 4.39. The molecule has 0 radical (unpaired) electrons. The summed E-state index contributed by atoms with van der Waals surface area (Å²) in [5.41, 5.74) is 5.22. The monoisotopic (exact) mass is 286 g/mol. The molecule has 1 aromatic carbocycles. The van der Waals surface area contributed by atoms with E-state index in [1.165, 1.54) is 18.1 Å². The van der Waals surface area contributed by atoms with Gasteiger partial charge in [-0.2, -0.15) is 0 Å². The van der Waals surface area contributed by atoms with Crippen molar-refractivity contribution in [3.05, 3.63) is 35.4 Å². The molecule has 112 valence electrons. The molecule has 0 atom stereocenters. The van der Waals surface area contributed by atoms with Gasteiger partial charge in [0, 0.05) is 25.8 Å². The van der Waals surface area contributed by atoms with Crippen LogP contribution >= 0.6 is 0 Å².